The summed E-state index contributed by atoms with van der Waals surface area (Å²) >= 11 is 0. The first-order chi connectivity index (χ1) is 12.7. The SMILES string of the molecule is COC(=O)c1ccc(COc2cccc(C(N)c3ccccc3)c2)cc1. The summed E-state index contributed by atoms with van der Waals surface area (Å²) in [7, 11) is 1.37. The molecule has 0 aliphatic carbocycles. The van der Waals surface area contributed by atoms with Gasteiger partial charge in [-0.25, -0.2) is 4.79 Å². The number of carbonyl (C=O) groups excluding carboxylic acids is 1. The van der Waals surface area contributed by atoms with Crippen LogP contribution < -0.4 is 10.5 Å². The van der Waals surface area contributed by atoms with Crippen molar-refractivity contribution in [1.82, 2.24) is 0 Å². The summed E-state index contributed by atoms with van der Waals surface area (Å²) in [6.07, 6.45) is 0. The highest BCUT2D eigenvalue weighted by Crippen LogP contribution is 2.23. The smallest absolute Gasteiger partial charge is 0.337 e. The normalized spacial score (nSPS) is 11.6. The minimum absolute atomic E-state index is 0.195. The summed E-state index contributed by atoms with van der Waals surface area (Å²) in [4.78, 5) is 11.5. The second-order valence-electron chi connectivity index (χ2n) is 5.94. The van der Waals surface area contributed by atoms with Crippen LogP contribution in [0.2, 0.25) is 0 Å². The Balaban J connectivity index is 1.66. The minimum atomic E-state index is -0.347. The standard InChI is InChI=1S/C22H21NO3/c1-25-22(24)18-12-10-16(11-13-18)15-26-20-9-5-8-19(14-20)21(23)17-6-3-2-4-7-17/h2-14,21H,15,23H2,1H3. The van der Waals surface area contributed by atoms with E-state index in [4.69, 9.17) is 15.2 Å². The molecule has 0 heterocycles. The predicted molar refractivity (Wildman–Crippen MR) is 101 cm³/mol. The number of rotatable bonds is 6. The molecule has 0 saturated carbocycles. The van der Waals surface area contributed by atoms with E-state index < -0.39 is 0 Å². The Morgan fingerprint density at radius 2 is 1.62 bits per heavy atom. The van der Waals surface area contributed by atoms with Crippen LogP contribution in [0.4, 0.5) is 0 Å². The van der Waals surface area contributed by atoms with Gasteiger partial charge in [-0.05, 0) is 41.0 Å². The molecular formula is C22H21NO3. The van der Waals surface area contributed by atoms with Gasteiger partial charge in [0.05, 0.1) is 18.7 Å². The fourth-order valence-corrected chi connectivity index (χ4v) is 2.67. The van der Waals surface area contributed by atoms with Gasteiger partial charge in [-0.1, -0.05) is 54.6 Å². The van der Waals surface area contributed by atoms with E-state index in [1.54, 1.807) is 12.1 Å². The van der Waals surface area contributed by atoms with E-state index in [2.05, 4.69) is 0 Å². The van der Waals surface area contributed by atoms with E-state index in [-0.39, 0.29) is 12.0 Å². The molecule has 0 bridgehead atoms. The summed E-state index contributed by atoms with van der Waals surface area (Å²) in [5, 5.41) is 0. The van der Waals surface area contributed by atoms with Crippen molar-refractivity contribution in [3.8, 4) is 5.75 Å². The third-order valence-corrected chi connectivity index (χ3v) is 4.16. The average molecular weight is 347 g/mol. The third kappa shape index (κ3) is 4.29. The highest BCUT2D eigenvalue weighted by Gasteiger charge is 2.09. The van der Waals surface area contributed by atoms with Crippen molar-refractivity contribution in [3.63, 3.8) is 0 Å². The fourth-order valence-electron chi connectivity index (χ4n) is 2.67. The second kappa shape index (κ2) is 8.32. The van der Waals surface area contributed by atoms with Crippen LogP contribution in [0.15, 0.2) is 78.9 Å². The van der Waals surface area contributed by atoms with Crippen molar-refractivity contribution in [2.24, 2.45) is 5.73 Å². The Kier molecular flexibility index (Phi) is 5.66. The lowest BCUT2D eigenvalue weighted by Crippen LogP contribution is -2.11. The number of nitrogens with two attached hydrogens (primary N) is 1. The van der Waals surface area contributed by atoms with Crippen molar-refractivity contribution in [1.29, 1.82) is 0 Å². The van der Waals surface area contributed by atoms with E-state index in [9.17, 15) is 4.79 Å². The Morgan fingerprint density at radius 3 is 2.31 bits per heavy atom. The molecule has 0 aromatic heterocycles. The molecule has 3 aromatic rings. The Hall–Kier alpha value is -3.11. The van der Waals surface area contributed by atoms with Gasteiger partial charge in [-0.3, -0.25) is 0 Å². The zero-order valence-corrected chi connectivity index (χ0v) is 14.6. The van der Waals surface area contributed by atoms with Crippen molar-refractivity contribution in [2.45, 2.75) is 12.6 Å². The lowest BCUT2D eigenvalue weighted by atomic mass is 10.00. The summed E-state index contributed by atoms with van der Waals surface area (Å²) in [5.41, 5.74) is 9.89. The van der Waals surface area contributed by atoms with Gasteiger partial charge in [0.1, 0.15) is 12.4 Å². The van der Waals surface area contributed by atoms with Gasteiger partial charge < -0.3 is 15.2 Å². The molecule has 132 valence electrons. The van der Waals surface area contributed by atoms with Crippen molar-refractivity contribution < 1.29 is 14.3 Å². The first kappa shape index (κ1) is 17.7. The molecule has 0 aliphatic heterocycles. The molecular weight excluding hydrogens is 326 g/mol. The molecule has 0 radical (unpaired) electrons. The zero-order valence-electron chi connectivity index (χ0n) is 14.6. The molecule has 4 heteroatoms. The monoisotopic (exact) mass is 347 g/mol. The summed E-state index contributed by atoms with van der Waals surface area (Å²) < 4.78 is 10.6. The number of hydrogen-bond donors (Lipinski definition) is 1. The zero-order chi connectivity index (χ0) is 18.4. The van der Waals surface area contributed by atoms with Gasteiger partial charge >= 0.3 is 5.97 Å². The summed E-state index contributed by atoms with van der Waals surface area (Å²) in [5.74, 6) is 0.408. The van der Waals surface area contributed by atoms with Gasteiger partial charge in [0.2, 0.25) is 0 Å². The van der Waals surface area contributed by atoms with Crippen LogP contribution in [0.25, 0.3) is 0 Å². The Bertz CT molecular complexity index is 860. The van der Waals surface area contributed by atoms with E-state index in [0.29, 0.717) is 12.2 Å². The molecule has 0 saturated heterocycles. The van der Waals surface area contributed by atoms with E-state index in [1.165, 1.54) is 7.11 Å². The Morgan fingerprint density at radius 1 is 0.923 bits per heavy atom. The molecule has 0 spiro atoms. The lowest BCUT2D eigenvalue weighted by molar-refractivity contribution is 0.0600. The average Bonchev–Trinajstić information content (AvgIpc) is 2.72. The molecule has 4 nitrogen and oxygen atoms in total. The van der Waals surface area contributed by atoms with E-state index in [0.717, 1.165) is 22.4 Å². The first-order valence-electron chi connectivity index (χ1n) is 8.38. The van der Waals surface area contributed by atoms with Crippen LogP contribution in [0.3, 0.4) is 0 Å². The number of hydrogen-bond acceptors (Lipinski definition) is 4. The lowest BCUT2D eigenvalue weighted by Gasteiger charge is -2.14. The molecule has 1 atom stereocenters. The molecule has 0 fully saturated rings. The maximum absolute atomic E-state index is 11.5. The van der Waals surface area contributed by atoms with Crippen LogP contribution in [0.5, 0.6) is 5.75 Å². The molecule has 3 rings (SSSR count). The predicted octanol–water partition coefficient (Wildman–Crippen LogP) is 4.10. The molecule has 3 aromatic carbocycles. The van der Waals surface area contributed by atoms with E-state index in [1.807, 2.05) is 66.7 Å². The molecule has 0 amide bonds. The van der Waals surface area contributed by atoms with Gasteiger partial charge in [0.15, 0.2) is 0 Å². The maximum Gasteiger partial charge on any atom is 0.337 e. The number of methoxy groups -OCH3 is 1. The van der Waals surface area contributed by atoms with Crippen LogP contribution in [-0.4, -0.2) is 13.1 Å². The molecule has 0 aliphatic rings. The summed E-state index contributed by atoms with van der Waals surface area (Å²) in [6, 6.07) is 24.7. The molecule has 26 heavy (non-hydrogen) atoms. The van der Waals surface area contributed by atoms with Gasteiger partial charge in [0, 0.05) is 0 Å². The van der Waals surface area contributed by atoms with Crippen LogP contribution >= 0.6 is 0 Å². The van der Waals surface area contributed by atoms with Crippen molar-refractivity contribution >= 4 is 5.97 Å². The number of esters is 1. The second-order valence-corrected chi connectivity index (χ2v) is 5.94. The van der Waals surface area contributed by atoms with Gasteiger partial charge in [-0.2, -0.15) is 0 Å². The number of carbonyl (C=O) groups is 1. The Labute approximate surface area is 153 Å². The molecule has 1 unspecified atom stereocenters. The van der Waals surface area contributed by atoms with Crippen LogP contribution in [0.1, 0.15) is 33.1 Å². The van der Waals surface area contributed by atoms with Crippen LogP contribution in [0, 0.1) is 0 Å². The number of ether oxygens (including phenoxy) is 2. The maximum atomic E-state index is 11.5. The number of benzene rings is 3. The third-order valence-electron chi connectivity index (χ3n) is 4.16. The highest BCUT2D eigenvalue weighted by atomic mass is 16.5. The largest absolute Gasteiger partial charge is 0.489 e. The minimum Gasteiger partial charge on any atom is -0.489 e. The van der Waals surface area contributed by atoms with Gasteiger partial charge in [-0.15, -0.1) is 0 Å². The molecule has 2 N–H and O–H groups in total. The quantitative estimate of drug-likeness (QED) is 0.682. The van der Waals surface area contributed by atoms with Crippen molar-refractivity contribution in [3.05, 3.63) is 101 Å². The topological polar surface area (TPSA) is 61.5 Å². The van der Waals surface area contributed by atoms with Crippen molar-refractivity contribution in [2.75, 3.05) is 7.11 Å². The van der Waals surface area contributed by atoms with Gasteiger partial charge in [0.25, 0.3) is 0 Å². The van der Waals surface area contributed by atoms with Crippen LogP contribution in [-0.2, 0) is 11.3 Å². The summed E-state index contributed by atoms with van der Waals surface area (Å²) in [6.45, 7) is 0.408. The van der Waals surface area contributed by atoms with E-state index >= 15 is 0 Å². The highest BCUT2D eigenvalue weighted by molar-refractivity contribution is 5.89. The first-order valence-corrected chi connectivity index (χ1v) is 8.38. The fraction of sp³-hybridized carbons (Fsp3) is 0.136.